The molecule has 0 atom stereocenters. The molecule has 1 heterocycles. The van der Waals surface area contributed by atoms with Gasteiger partial charge in [-0.3, -0.25) is 9.48 Å². The number of hydrogen-bond acceptors (Lipinski definition) is 4. The second kappa shape index (κ2) is 5.64. The van der Waals surface area contributed by atoms with Crippen LogP contribution in [0, 0.1) is 0 Å². The Morgan fingerprint density at radius 1 is 1.45 bits per heavy atom. The molecule has 0 aliphatic rings. The number of hydrogen-bond donors (Lipinski definition) is 2. The van der Waals surface area contributed by atoms with Crippen molar-refractivity contribution in [1.29, 1.82) is 0 Å². The average Bonchev–Trinajstić information content (AvgIpc) is 2.81. The van der Waals surface area contributed by atoms with Crippen LogP contribution in [0.1, 0.15) is 15.9 Å². The predicted molar refractivity (Wildman–Crippen MR) is 79.4 cm³/mol. The van der Waals surface area contributed by atoms with Crippen LogP contribution in [0.25, 0.3) is 0 Å². The van der Waals surface area contributed by atoms with Crippen LogP contribution in [-0.4, -0.2) is 34.7 Å². The van der Waals surface area contributed by atoms with Gasteiger partial charge in [0.2, 0.25) is 0 Å². The number of aromatic nitrogens is 2. The Hall–Kier alpha value is -2.50. The number of nitrogens with zero attached hydrogens (tertiary/aromatic N) is 3. The Balaban J connectivity index is 2.21. The SMILES string of the molecule is CN(C)C(=O)c1ccc(N)cc1NCc1cnn(C)c1. The zero-order valence-corrected chi connectivity index (χ0v) is 11.9. The summed E-state index contributed by atoms with van der Waals surface area (Å²) in [5.74, 6) is -0.0568. The Labute approximate surface area is 118 Å². The van der Waals surface area contributed by atoms with E-state index in [0.29, 0.717) is 17.8 Å². The molecule has 3 N–H and O–H groups in total. The summed E-state index contributed by atoms with van der Waals surface area (Å²) in [6.45, 7) is 0.588. The summed E-state index contributed by atoms with van der Waals surface area (Å²) in [5.41, 5.74) is 8.79. The average molecular weight is 273 g/mol. The number of rotatable bonds is 4. The standard InChI is InChI=1S/C14H19N5O/c1-18(2)14(20)12-5-4-11(15)6-13(12)16-7-10-8-17-19(3)9-10/h4-6,8-9,16H,7,15H2,1-3H3. The van der Waals surface area contributed by atoms with E-state index in [1.165, 1.54) is 0 Å². The number of carbonyl (C=O) groups excluding carboxylic acids is 1. The van der Waals surface area contributed by atoms with Gasteiger partial charge in [0.1, 0.15) is 0 Å². The molecule has 0 fully saturated rings. The normalized spacial score (nSPS) is 10.3. The minimum atomic E-state index is -0.0568. The molecule has 0 saturated heterocycles. The molecule has 2 aromatic rings. The molecule has 106 valence electrons. The molecule has 0 saturated carbocycles. The molecule has 20 heavy (non-hydrogen) atoms. The molecule has 6 heteroatoms. The highest BCUT2D eigenvalue weighted by molar-refractivity contribution is 5.99. The molecular weight excluding hydrogens is 254 g/mol. The smallest absolute Gasteiger partial charge is 0.255 e. The quantitative estimate of drug-likeness (QED) is 0.824. The first-order chi connectivity index (χ1) is 9.47. The van der Waals surface area contributed by atoms with Gasteiger partial charge in [-0.25, -0.2) is 0 Å². The van der Waals surface area contributed by atoms with Gasteiger partial charge in [-0.05, 0) is 18.2 Å². The van der Waals surface area contributed by atoms with Gasteiger partial charge in [0, 0.05) is 50.8 Å². The van der Waals surface area contributed by atoms with Crippen LogP contribution in [0.5, 0.6) is 0 Å². The molecule has 1 aromatic heterocycles. The molecule has 0 unspecified atom stereocenters. The fraction of sp³-hybridized carbons (Fsp3) is 0.286. The minimum absolute atomic E-state index is 0.0568. The molecular formula is C14H19N5O. The van der Waals surface area contributed by atoms with Gasteiger partial charge in [-0.15, -0.1) is 0 Å². The molecule has 1 aromatic carbocycles. The molecule has 0 aliphatic heterocycles. The lowest BCUT2D eigenvalue weighted by molar-refractivity contribution is 0.0828. The second-order valence-electron chi connectivity index (χ2n) is 4.88. The summed E-state index contributed by atoms with van der Waals surface area (Å²) in [5, 5.41) is 7.35. The van der Waals surface area contributed by atoms with Gasteiger partial charge in [0.05, 0.1) is 11.8 Å². The molecule has 0 spiro atoms. The van der Waals surface area contributed by atoms with Gasteiger partial charge in [-0.2, -0.15) is 5.10 Å². The van der Waals surface area contributed by atoms with Gasteiger partial charge < -0.3 is 16.0 Å². The number of benzene rings is 1. The molecule has 6 nitrogen and oxygen atoms in total. The Kier molecular flexibility index (Phi) is 3.93. The van der Waals surface area contributed by atoms with Crippen LogP contribution >= 0.6 is 0 Å². The minimum Gasteiger partial charge on any atom is -0.399 e. The highest BCUT2D eigenvalue weighted by Gasteiger charge is 2.13. The maximum atomic E-state index is 12.1. The third kappa shape index (κ3) is 3.09. The number of carbonyl (C=O) groups is 1. The Bertz CT molecular complexity index is 618. The van der Waals surface area contributed by atoms with E-state index < -0.39 is 0 Å². The Morgan fingerprint density at radius 3 is 2.80 bits per heavy atom. The van der Waals surface area contributed by atoms with Crippen molar-refractivity contribution in [2.75, 3.05) is 25.1 Å². The number of aryl methyl sites for hydroxylation is 1. The maximum Gasteiger partial charge on any atom is 0.255 e. The molecule has 0 radical (unpaired) electrons. The second-order valence-corrected chi connectivity index (χ2v) is 4.88. The van der Waals surface area contributed by atoms with E-state index in [9.17, 15) is 4.79 Å². The highest BCUT2D eigenvalue weighted by atomic mass is 16.2. The Morgan fingerprint density at radius 2 is 2.20 bits per heavy atom. The molecule has 1 amide bonds. The lowest BCUT2D eigenvalue weighted by Gasteiger charge is -2.15. The number of nitrogen functional groups attached to an aromatic ring is 1. The van der Waals surface area contributed by atoms with Crippen LogP contribution in [0.15, 0.2) is 30.6 Å². The number of nitrogens with two attached hydrogens (primary N) is 1. The van der Waals surface area contributed by atoms with Crippen molar-refractivity contribution < 1.29 is 4.79 Å². The zero-order chi connectivity index (χ0) is 14.7. The molecule has 0 aliphatic carbocycles. The van der Waals surface area contributed by atoms with Gasteiger partial charge in [0.25, 0.3) is 5.91 Å². The first kappa shape index (κ1) is 13.9. The lowest BCUT2D eigenvalue weighted by atomic mass is 10.1. The van der Waals surface area contributed by atoms with Crippen molar-refractivity contribution in [2.45, 2.75) is 6.54 Å². The van der Waals surface area contributed by atoms with Crippen molar-refractivity contribution in [2.24, 2.45) is 7.05 Å². The number of anilines is 2. The lowest BCUT2D eigenvalue weighted by Crippen LogP contribution is -2.23. The fourth-order valence-corrected chi connectivity index (χ4v) is 1.90. The fourth-order valence-electron chi connectivity index (χ4n) is 1.90. The number of amides is 1. The third-order valence-corrected chi connectivity index (χ3v) is 2.92. The van der Waals surface area contributed by atoms with E-state index in [4.69, 9.17) is 5.73 Å². The summed E-state index contributed by atoms with van der Waals surface area (Å²) < 4.78 is 1.74. The van der Waals surface area contributed by atoms with E-state index in [-0.39, 0.29) is 5.91 Å². The van der Waals surface area contributed by atoms with E-state index in [0.717, 1.165) is 11.3 Å². The predicted octanol–water partition coefficient (Wildman–Crippen LogP) is 1.32. The summed E-state index contributed by atoms with van der Waals surface area (Å²) in [4.78, 5) is 13.7. The van der Waals surface area contributed by atoms with Crippen LogP contribution in [-0.2, 0) is 13.6 Å². The van der Waals surface area contributed by atoms with Crippen molar-refractivity contribution in [3.63, 3.8) is 0 Å². The summed E-state index contributed by atoms with van der Waals surface area (Å²) in [7, 11) is 5.32. The van der Waals surface area contributed by atoms with Crippen LogP contribution in [0.2, 0.25) is 0 Å². The first-order valence-electron chi connectivity index (χ1n) is 6.30. The van der Waals surface area contributed by atoms with E-state index >= 15 is 0 Å². The monoisotopic (exact) mass is 273 g/mol. The third-order valence-electron chi connectivity index (χ3n) is 2.92. The van der Waals surface area contributed by atoms with E-state index in [1.807, 2.05) is 13.2 Å². The first-order valence-corrected chi connectivity index (χ1v) is 6.30. The van der Waals surface area contributed by atoms with Gasteiger partial charge in [-0.1, -0.05) is 0 Å². The van der Waals surface area contributed by atoms with Crippen LogP contribution < -0.4 is 11.1 Å². The van der Waals surface area contributed by atoms with E-state index in [2.05, 4.69) is 10.4 Å². The summed E-state index contributed by atoms with van der Waals surface area (Å²) in [6, 6.07) is 5.24. The van der Waals surface area contributed by atoms with Crippen LogP contribution in [0.3, 0.4) is 0 Å². The molecule has 2 rings (SSSR count). The summed E-state index contributed by atoms with van der Waals surface area (Å²) >= 11 is 0. The molecule has 0 bridgehead atoms. The summed E-state index contributed by atoms with van der Waals surface area (Å²) in [6.07, 6.45) is 3.71. The van der Waals surface area contributed by atoms with Crippen molar-refractivity contribution in [3.05, 3.63) is 41.7 Å². The van der Waals surface area contributed by atoms with Crippen molar-refractivity contribution in [3.8, 4) is 0 Å². The maximum absolute atomic E-state index is 12.1. The van der Waals surface area contributed by atoms with E-state index in [1.54, 1.807) is 48.1 Å². The highest BCUT2D eigenvalue weighted by Crippen LogP contribution is 2.21. The number of nitrogens with one attached hydrogen (secondary N) is 1. The van der Waals surface area contributed by atoms with Crippen molar-refractivity contribution in [1.82, 2.24) is 14.7 Å². The topological polar surface area (TPSA) is 76.2 Å². The van der Waals surface area contributed by atoms with Gasteiger partial charge >= 0.3 is 0 Å². The van der Waals surface area contributed by atoms with Gasteiger partial charge in [0.15, 0.2) is 0 Å². The largest absolute Gasteiger partial charge is 0.399 e. The van der Waals surface area contributed by atoms with Crippen LogP contribution in [0.4, 0.5) is 11.4 Å². The zero-order valence-electron chi connectivity index (χ0n) is 11.9. The van der Waals surface area contributed by atoms with Crippen molar-refractivity contribution >= 4 is 17.3 Å².